The molecule has 0 aliphatic carbocycles. The summed E-state index contributed by atoms with van der Waals surface area (Å²) in [6, 6.07) is 5.53. The summed E-state index contributed by atoms with van der Waals surface area (Å²) in [5.74, 6) is 0.490. The van der Waals surface area contributed by atoms with Crippen molar-refractivity contribution in [2.75, 3.05) is 19.7 Å². The zero-order chi connectivity index (χ0) is 13.8. The second kappa shape index (κ2) is 6.37. The van der Waals surface area contributed by atoms with Crippen molar-refractivity contribution in [2.24, 2.45) is 11.7 Å². The molecule has 1 heterocycles. The minimum Gasteiger partial charge on any atom is -0.396 e. The van der Waals surface area contributed by atoms with E-state index in [1.165, 1.54) is 0 Å². The summed E-state index contributed by atoms with van der Waals surface area (Å²) < 4.78 is 0. The topological polar surface area (TPSA) is 73.3 Å². The first-order valence-electron chi connectivity index (χ1n) is 6.56. The minimum atomic E-state index is 0.0391. The lowest BCUT2D eigenvalue weighted by Gasteiger charge is -2.31. The number of hydrogen-bond donors (Lipinski definition) is 3. The van der Waals surface area contributed by atoms with Gasteiger partial charge in [0.15, 0.2) is 0 Å². The molecule has 1 aliphatic rings. The van der Waals surface area contributed by atoms with E-state index in [-0.39, 0.29) is 5.84 Å². The average Bonchev–Trinajstić information content (AvgIpc) is 2.41. The summed E-state index contributed by atoms with van der Waals surface area (Å²) in [5, 5.41) is 17.2. The monoisotopic (exact) mass is 281 g/mol. The van der Waals surface area contributed by atoms with Gasteiger partial charge in [-0.3, -0.25) is 10.3 Å². The van der Waals surface area contributed by atoms with E-state index >= 15 is 0 Å². The molecule has 0 saturated carbocycles. The van der Waals surface area contributed by atoms with E-state index in [1.807, 2.05) is 12.1 Å². The number of nitrogens with one attached hydrogen (secondary N) is 1. The molecule has 1 aliphatic heterocycles. The zero-order valence-corrected chi connectivity index (χ0v) is 11.7. The van der Waals surface area contributed by atoms with E-state index in [0.29, 0.717) is 23.1 Å². The van der Waals surface area contributed by atoms with Crippen LogP contribution in [0.2, 0.25) is 5.02 Å². The number of aliphatic hydroxyl groups excluding tert-OH is 1. The molecule has 1 fully saturated rings. The number of nitrogen functional groups attached to an aromatic ring is 1. The second-order valence-corrected chi connectivity index (χ2v) is 5.53. The fraction of sp³-hybridized carbons (Fsp3) is 0.500. The summed E-state index contributed by atoms with van der Waals surface area (Å²) in [6.45, 7) is 3.10. The molecule has 0 spiro atoms. The molecule has 1 saturated heterocycles. The number of nitrogens with two attached hydrogens (primary N) is 1. The molecule has 0 bridgehead atoms. The van der Waals surface area contributed by atoms with Gasteiger partial charge in [0.05, 0.1) is 0 Å². The van der Waals surface area contributed by atoms with Crippen molar-refractivity contribution in [3.63, 3.8) is 0 Å². The van der Waals surface area contributed by atoms with Crippen molar-refractivity contribution < 1.29 is 5.11 Å². The van der Waals surface area contributed by atoms with E-state index in [9.17, 15) is 0 Å². The van der Waals surface area contributed by atoms with Gasteiger partial charge in [0, 0.05) is 23.7 Å². The Morgan fingerprint density at radius 1 is 1.42 bits per heavy atom. The van der Waals surface area contributed by atoms with Crippen LogP contribution in [0.4, 0.5) is 0 Å². The van der Waals surface area contributed by atoms with Gasteiger partial charge >= 0.3 is 0 Å². The van der Waals surface area contributed by atoms with Gasteiger partial charge in [-0.2, -0.15) is 0 Å². The molecule has 1 aromatic carbocycles. The predicted octanol–water partition coefficient (Wildman–Crippen LogP) is 1.83. The summed E-state index contributed by atoms with van der Waals surface area (Å²) in [6.07, 6.45) is 2.08. The van der Waals surface area contributed by atoms with Crippen LogP contribution in [-0.2, 0) is 6.54 Å². The lowest BCUT2D eigenvalue weighted by molar-refractivity contribution is 0.127. The van der Waals surface area contributed by atoms with E-state index < -0.39 is 0 Å². The van der Waals surface area contributed by atoms with Crippen molar-refractivity contribution in [3.8, 4) is 0 Å². The molecule has 2 rings (SSSR count). The third kappa shape index (κ3) is 3.69. The smallest absolute Gasteiger partial charge is 0.122 e. The van der Waals surface area contributed by atoms with Crippen LogP contribution in [0.15, 0.2) is 18.2 Å². The van der Waals surface area contributed by atoms with Gasteiger partial charge in [0.1, 0.15) is 5.84 Å². The van der Waals surface area contributed by atoms with E-state index in [4.69, 9.17) is 27.9 Å². The van der Waals surface area contributed by atoms with Crippen molar-refractivity contribution in [2.45, 2.75) is 19.4 Å². The van der Waals surface area contributed by atoms with Gasteiger partial charge in [0.25, 0.3) is 0 Å². The molecule has 104 valence electrons. The fourth-order valence-corrected chi connectivity index (χ4v) is 2.65. The van der Waals surface area contributed by atoms with Crippen molar-refractivity contribution in [3.05, 3.63) is 34.3 Å². The largest absolute Gasteiger partial charge is 0.396 e. The molecule has 0 radical (unpaired) electrons. The van der Waals surface area contributed by atoms with Crippen LogP contribution in [0, 0.1) is 11.3 Å². The molecule has 4 nitrogen and oxygen atoms in total. The quantitative estimate of drug-likeness (QED) is 0.582. The molecular weight excluding hydrogens is 262 g/mol. The molecule has 19 heavy (non-hydrogen) atoms. The van der Waals surface area contributed by atoms with Crippen molar-refractivity contribution >= 4 is 17.4 Å². The Bertz CT molecular complexity index is 456. The third-order valence-electron chi connectivity index (χ3n) is 3.72. The first-order valence-corrected chi connectivity index (χ1v) is 6.94. The number of rotatable bonds is 4. The van der Waals surface area contributed by atoms with Gasteiger partial charge in [-0.15, -0.1) is 0 Å². The number of piperidine rings is 1. The highest BCUT2D eigenvalue weighted by atomic mass is 35.5. The number of benzene rings is 1. The zero-order valence-electron chi connectivity index (χ0n) is 10.9. The van der Waals surface area contributed by atoms with Crippen LogP contribution in [0.3, 0.4) is 0 Å². The molecule has 5 heteroatoms. The Kier molecular flexibility index (Phi) is 4.80. The number of nitrogens with zero attached hydrogens (tertiary/aromatic N) is 1. The van der Waals surface area contributed by atoms with E-state index in [2.05, 4.69) is 4.90 Å². The standard InChI is InChI=1S/C14H20ClN3O/c15-13-7-11(14(16)17)1-2-12(13)8-18-5-3-10(9-19)4-6-18/h1-2,7,10,19H,3-6,8-9H2,(H3,16,17). The van der Waals surface area contributed by atoms with Crippen molar-refractivity contribution in [1.29, 1.82) is 5.41 Å². The number of halogens is 1. The van der Waals surface area contributed by atoms with Gasteiger partial charge < -0.3 is 10.8 Å². The molecule has 0 aromatic heterocycles. The Morgan fingerprint density at radius 2 is 2.11 bits per heavy atom. The van der Waals surface area contributed by atoms with Gasteiger partial charge in [-0.05, 0) is 43.5 Å². The minimum absolute atomic E-state index is 0.0391. The Hall–Kier alpha value is -1.10. The summed E-state index contributed by atoms with van der Waals surface area (Å²) in [5.41, 5.74) is 7.16. The van der Waals surface area contributed by atoms with E-state index in [0.717, 1.165) is 38.0 Å². The SMILES string of the molecule is N=C(N)c1ccc(CN2CCC(CO)CC2)c(Cl)c1. The lowest BCUT2D eigenvalue weighted by Crippen LogP contribution is -2.34. The molecule has 0 amide bonds. The molecule has 4 N–H and O–H groups in total. The highest BCUT2D eigenvalue weighted by Crippen LogP contribution is 2.23. The van der Waals surface area contributed by atoms with Crippen LogP contribution in [0.5, 0.6) is 0 Å². The van der Waals surface area contributed by atoms with Gasteiger partial charge in [-0.25, -0.2) is 0 Å². The molecule has 0 atom stereocenters. The number of hydrogen-bond acceptors (Lipinski definition) is 3. The lowest BCUT2D eigenvalue weighted by atomic mass is 9.97. The highest BCUT2D eigenvalue weighted by Gasteiger charge is 2.19. The Labute approximate surface area is 118 Å². The summed E-state index contributed by atoms with van der Waals surface area (Å²) in [4.78, 5) is 2.35. The maximum absolute atomic E-state index is 9.12. The molecular formula is C14H20ClN3O. The second-order valence-electron chi connectivity index (χ2n) is 5.12. The highest BCUT2D eigenvalue weighted by molar-refractivity contribution is 6.31. The number of aliphatic hydroxyl groups is 1. The predicted molar refractivity (Wildman–Crippen MR) is 77.6 cm³/mol. The average molecular weight is 282 g/mol. The van der Waals surface area contributed by atoms with Crippen LogP contribution < -0.4 is 5.73 Å². The fourth-order valence-electron chi connectivity index (χ4n) is 2.41. The van der Waals surface area contributed by atoms with Crippen LogP contribution >= 0.6 is 11.6 Å². The molecule has 1 aromatic rings. The first kappa shape index (κ1) is 14.3. The Morgan fingerprint density at radius 3 is 2.63 bits per heavy atom. The third-order valence-corrected chi connectivity index (χ3v) is 4.08. The van der Waals surface area contributed by atoms with Crippen molar-refractivity contribution in [1.82, 2.24) is 4.90 Å². The van der Waals surface area contributed by atoms with Gasteiger partial charge in [0.2, 0.25) is 0 Å². The first-order chi connectivity index (χ1) is 9.10. The van der Waals surface area contributed by atoms with Crippen LogP contribution in [0.1, 0.15) is 24.0 Å². The number of amidine groups is 1. The molecule has 0 unspecified atom stereocenters. The van der Waals surface area contributed by atoms with Crippen LogP contribution in [-0.4, -0.2) is 35.5 Å². The van der Waals surface area contributed by atoms with Crippen LogP contribution in [0.25, 0.3) is 0 Å². The maximum atomic E-state index is 9.12. The normalized spacial score (nSPS) is 17.6. The Balaban J connectivity index is 1.98. The number of likely N-dealkylation sites (tertiary alicyclic amines) is 1. The maximum Gasteiger partial charge on any atom is 0.122 e. The summed E-state index contributed by atoms with van der Waals surface area (Å²) >= 11 is 6.23. The van der Waals surface area contributed by atoms with Gasteiger partial charge in [-0.1, -0.05) is 23.7 Å². The summed E-state index contributed by atoms with van der Waals surface area (Å²) in [7, 11) is 0. The van der Waals surface area contributed by atoms with E-state index in [1.54, 1.807) is 6.07 Å².